The van der Waals surface area contributed by atoms with E-state index in [9.17, 15) is 4.79 Å². The maximum Gasteiger partial charge on any atom is 0.236 e. The van der Waals surface area contributed by atoms with Crippen LogP contribution in [-0.4, -0.2) is 38.0 Å². The quantitative estimate of drug-likeness (QED) is 0.621. The lowest BCUT2D eigenvalue weighted by molar-refractivity contribution is -0.113. The molecule has 7 nitrogen and oxygen atoms in total. The van der Waals surface area contributed by atoms with Crippen LogP contribution in [0, 0.1) is 6.92 Å². The molecule has 1 aromatic carbocycles. The lowest BCUT2D eigenvalue weighted by Gasteiger charge is -2.05. The van der Waals surface area contributed by atoms with Gasteiger partial charge in [0.15, 0.2) is 10.3 Å². The van der Waals surface area contributed by atoms with Crippen LogP contribution in [-0.2, 0) is 4.79 Å². The number of anilines is 1. The molecule has 1 aliphatic carbocycles. The molecule has 0 aliphatic heterocycles. The summed E-state index contributed by atoms with van der Waals surface area (Å²) in [6.07, 6.45) is 2.32. The van der Waals surface area contributed by atoms with Gasteiger partial charge >= 0.3 is 0 Å². The molecular formula is C17H19N5O2S2. The summed E-state index contributed by atoms with van der Waals surface area (Å²) in [5, 5.41) is 12.6. The fraction of sp³-hybridized carbons (Fsp3) is 0.412. The molecule has 0 radical (unpaired) electrons. The number of benzene rings is 1. The summed E-state index contributed by atoms with van der Waals surface area (Å²) in [6, 6.07) is 6.24. The van der Waals surface area contributed by atoms with Crippen LogP contribution in [0.1, 0.15) is 31.6 Å². The number of thiazole rings is 1. The first-order chi connectivity index (χ1) is 12.6. The Balaban J connectivity index is 1.39. The van der Waals surface area contributed by atoms with E-state index in [-0.39, 0.29) is 11.7 Å². The number of aryl methyl sites for hydroxylation is 1. The normalized spacial score (nSPS) is 13.9. The largest absolute Gasteiger partial charge is 0.494 e. The van der Waals surface area contributed by atoms with E-state index in [0.717, 1.165) is 39.8 Å². The zero-order chi connectivity index (χ0) is 18.1. The summed E-state index contributed by atoms with van der Waals surface area (Å²) in [5.74, 6) is 1.91. The van der Waals surface area contributed by atoms with Gasteiger partial charge in [0.05, 0.1) is 22.6 Å². The smallest absolute Gasteiger partial charge is 0.236 e. The van der Waals surface area contributed by atoms with Crippen LogP contribution in [0.4, 0.5) is 5.13 Å². The molecule has 1 saturated carbocycles. The number of amides is 1. The molecule has 1 aliphatic rings. The van der Waals surface area contributed by atoms with E-state index < -0.39 is 0 Å². The topological polar surface area (TPSA) is 81.9 Å². The Hall–Kier alpha value is -2.13. The zero-order valence-electron chi connectivity index (χ0n) is 14.6. The number of hydrogen-bond donors (Lipinski definition) is 1. The van der Waals surface area contributed by atoms with Gasteiger partial charge in [-0.2, -0.15) is 0 Å². The van der Waals surface area contributed by atoms with Crippen molar-refractivity contribution in [3.05, 3.63) is 24.0 Å². The van der Waals surface area contributed by atoms with Crippen LogP contribution in [0.5, 0.6) is 5.75 Å². The molecule has 0 saturated heterocycles. The number of hydrogen-bond acceptors (Lipinski definition) is 7. The predicted octanol–water partition coefficient (Wildman–Crippen LogP) is 3.66. The minimum Gasteiger partial charge on any atom is -0.494 e. The fourth-order valence-corrected chi connectivity index (χ4v) is 4.46. The molecule has 2 aromatic heterocycles. The Bertz CT molecular complexity index is 948. The molecule has 4 rings (SSSR count). The van der Waals surface area contributed by atoms with E-state index in [1.165, 1.54) is 23.1 Å². The summed E-state index contributed by atoms with van der Waals surface area (Å²) in [7, 11) is 0. The van der Waals surface area contributed by atoms with Gasteiger partial charge in [-0.3, -0.25) is 4.79 Å². The van der Waals surface area contributed by atoms with Gasteiger partial charge in [-0.15, -0.1) is 10.2 Å². The lowest BCUT2D eigenvalue weighted by Crippen LogP contribution is -2.14. The fourth-order valence-electron chi connectivity index (χ4n) is 2.70. The molecule has 26 heavy (non-hydrogen) atoms. The second-order valence-corrected chi connectivity index (χ2v) is 8.02. The number of rotatable bonds is 7. The van der Waals surface area contributed by atoms with E-state index >= 15 is 0 Å². The van der Waals surface area contributed by atoms with Crippen LogP contribution < -0.4 is 10.1 Å². The van der Waals surface area contributed by atoms with Crippen molar-refractivity contribution in [1.82, 2.24) is 19.7 Å². The Labute approximate surface area is 159 Å². The minimum atomic E-state index is -0.0953. The third-order valence-corrected chi connectivity index (χ3v) is 5.87. The van der Waals surface area contributed by atoms with Crippen molar-refractivity contribution in [3.63, 3.8) is 0 Å². The number of aromatic nitrogens is 4. The molecule has 136 valence electrons. The number of carbonyl (C=O) groups excluding carboxylic acids is 1. The zero-order valence-corrected chi connectivity index (χ0v) is 16.2. The summed E-state index contributed by atoms with van der Waals surface area (Å²) >= 11 is 2.86. The number of thioether (sulfide) groups is 1. The monoisotopic (exact) mass is 389 g/mol. The molecule has 3 aromatic rings. The molecule has 0 atom stereocenters. The molecule has 0 unspecified atom stereocenters. The van der Waals surface area contributed by atoms with Crippen LogP contribution in [0.15, 0.2) is 23.4 Å². The Morgan fingerprint density at radius 3 is 3.04 bits per heavy atom. The first-order valence-corrected chi connectivity index (χ1v) is 10.3. The molecule has 0 spiro atoms. The van der Waals surface area contributed by atoms with Crippen molar-refractivity contribution in [1.29, 1.82) is 0 Å². The average Bonchev–Trinajstić information content (AvgIpc) is 3.26. The van der Waals surface area contributed by atoms with Gasteiger partial charge in [-0.1, -0.05) is 23.1 Å². The van der Waals surface area contributed by atoms with E-state index in [4.69, 9.17) is 4.74 Å². The van der Waals surface area contributed by atoms with Crippen LogP contribution in [0.2, 0.25) is 0 Å². The first kappa shape index (κ1) is 17.3. The minimum absolute atomic E-state index is 0.0953. The summed E-state index contributed by atoms with van der Waals surface area (Å²) in [6.45, 7) is 4.52. The highest BCUT2D eigenvalue weighted by Crippen LogP contribution is 2.38. The number of carbonyl (C=O) groups is 1. The third kappa shape index (κ3) is 3.68. The van der Waals surface area contributed by atoms with Crippen LogP contribution in [0.3, 0.4) is 0 Å². The predicted molar refractivity (Wildman–Crippen MR) is 103 cm³/mol. The highest BCUT2D eigenvalue weighted by molar-refractivity contribution is 7.99. The van der Waals surface area contributed by atoms with Gasteiger partial charge < -0.3 is 14.6 Å². The molecule has 1 fully saturated rings. The van der Waals surface area contributed by atoms with Crippen molar-refractivity contribution < 1.29 is 9.53 Å². The van der Waals surface area contributed by atoms with E-state index in [1.54, 1.807) is 0 Å². The van der Waals surface area contributed by atoms with Crippen LogP contribution >= 0.6 is 23.1 Å². The third-order valence-electron chi connectivity index (χ3n) is 4.00. The lowest BCUT2D eigenvalue weighted by atomic mass is 10.3. The van der Waals surface area contributed by atoms with Crippen molar-refractivity contribution in [2.24, 2.45) is 0 Å². The second-order valence-electron chi connectivity index (χ2n) is 6.05. The maximum atomic E-state index is 12.3. The van der Waals surface area contributed by atoms with Gasteiger partial charge in [0.1, 0.15) is 11.6 Å². The van der Waals surface area contributed by atoms with Gasteiger partial charge in [0.25, 0.3) is 0 Å². The van der Waals surface area contributed by atoms with E-state index in [1.807, 2.05) is 32.0 Å². The SMILES string of the molecule is CCOc1ccc2nc(NC(=O)CSc3nnc(C)n3C3CC3)sc2c1. The van der Waals surface area contributed by atoms with Gasteiger partial charge in [-0.05, 0) is 44.9 Å². The van der Waals surface area contributed by atoms with Gasteiger partial charge in [0, 0.05) is 6.04 Å². The molecule has 2 heterocycles. The van der Waals surface area contributed by atoms with E-state index in [2.05, 4.69) is 25.1 Å². The van der Waals surface area contributed by atoms with Crippen molar-refractivity contribution >= 4 is 44.4 Å². The summed E-state index contributed by atoms with van der Waals surface area (Å²) in [5.41, 5.74) is 0.852. The Morgan fingerprint density at radius 1 is 1.42 bits per heavy atom. The molecule has 9 heteroatoms. The number of fused-ring (bicyclic) bond motifs is 1. The average molecular weight is 390 g/mol. The maximum absolute atomic E-state index is 12.3. The van der Waals surface area contributed by atoms with Crippen molar-refractivity contribution in [2.45, 2.75) is 37.9 Å². The molecular weight excluding hydrogens is 370 g/mol. The summed E-state index contributed by atoms with van der Waals surface area (Å²) < 4.78 is 8.62. The molecule has 0 bridgehead atoms. The second kappa shape index (κ2) is 7.24. The number of nitrogens with zero attached hydrogens (tertiary/aromatic N) is 4. The summed E-state index contributed by atoms with van der Waals surface area (Å²) in [4.78, 5) is 16.7. The highest BCUT2D eigenvalue weighted by atomic mass is 32.2. The van der Waals surface area contributed by atoms with E-state index in [0.29, 0.717) is 17.8 Å². The van der Waals surface area contributed by atoms with Crippen molar-refractivity contribution in [3.8, 4) is 5.75 Å². The highest BCUT2D eigenvalue weighted by Gasteiger charge is 2.28. The molecule has 1 amide bonds. The standard InChI is InChI=1S/C17H19N5O2S2/c1-3-24-12-6-7-13-14(8-12)26-16(18-13)19-15(23)9-25-17-21-20-10(2)22(17)11-4-5-11/h6-8,11H,3-5,9H2,1-2H3,(H,18,19,23). The number of ether oxygens (including phenoxy) is 1. The van der Waals surface area contributed by atoms with Gasteiger partial charge in [0.2, 0.25) is 5.91 Å². The van der Waals surface area contributed by atoms with Crippen LogP contribution in [0.25, 0.3) is 10.2 Å². The van der Waals surface area contributed by atoms with Crippen molar-refractivity contribution in [2.75, 3.05) is 17.7 Å². The Morgan fingerprint density at radius 2 is 2.27 bits per heavy atom. The number of nitrogens with one attached hydrogen (secondary N) is 1. The Kier molecular flexibility index (Phi) is 4.82. The molecule has 1 N–H and O–H groups in total. The van der Waals surface area contributed by atoms with Gasteiger partial charge in [-0.25, -0.2) is 4.98 Å². The first-order valence-electron chi connectivity index (χ1n) is 8.51.